The van der Waals surface area contributed by atoms with E-state index in [1.54, 1.807) is 12.1 Å². The zero-order chi connectivity index (χ0) is 27.5. The van der Waals surface area contributed by atoms with E-state index in [1.807, 2.05) is 17.9 Å². The Balaban J connectivity index is 1.26. The zero-order valence-corrected chi connectivity index (χ0v) is 22.4. The second kappa shape index (κ2) is 11.7. The molecule has 4 rings (SSSR count). The summed E-state index contributed by atoms with van der Waals surface area (Å²) in [5.74, 6) is -0.371. The summed E-state index contributed by atoms with van der Waals surface area (Å²) in [6, 6.07) is 7.96. The first-order chi connectivity index (χ1) is 18.0. The van der Waals surface area contributed by atoms with E-state index in [-0.39, 0.29) is 18.6 Å². The van der Waals surface area contributed by atoms with Crippen LogP contribution in [0.2, 0.25) is 0 Å². The van der Waals surface area contributed by atoms with Gasteiger partial charge in [-0.1, -0.05) is 18.2 Å². The molecule has 2 heterocycles. The predicted octanol–water partition coefficient (Wildman–Crippen LogP) is 5.12. The second-order valence-corrected chi connectivity index (χ2v) is 11.0. The molecule has 1 aromatic rings. The number of hydrogen-bond donors (Lipinski definition) is 1. The fourth-order valence-corrected chi connectivity index (χ4v) is 5.73. The molecule has 1 N–H and O–H groups in total. The van der Waals surface area contributed by atoms with E-state index < -0.39 is 23.3 Å². The van der Waals surface area contributed by atoms with Gasteiger partial charge in [0.2, 0.25) is 0 Å². The number of benzene rings is 1. The first-order valence-corrected chi connectivity index (χ1v) is 13.4. The maximum Gasteiger partial charge on any atom is 0.414 e. The van der Waals surface area contributed by atoms with Crippen LogP contribution in [0.5, 0.6) is 5.75 Å². The van der Waals surface area contributed by atoms with Gasteiger partial charge >= 0.3 is 6.18 Å². The summed E-state index contributed by atoms with van der Waals surface area (Å²) in [5.41, 5.74) is 1.05. The monoisotopic (exact) mass is 533 g/mol. The number of nitriles is 1. The van der Waals surface area contributed by atoms with Crippen molar-refractivity contribution in [2.24, 2.45) is 5.92 Å². The number of rotatable bonds is 7. The number of ether oxygens (including phenoxy) is 2. The molecule has 2 aliphatic heterocycles. The second-order valence-electron chi connectivity index (χ2n) is 11.0. The van der Waals surface area contributed by atoms with Gasteiger partial charge < -0.3 is 19.5 Å². The van der Waals surface area contributed by atoms with Crippen molar-refractivity contribution in [2.75, 3.05) is 32.8 Å². The Labute approximate surface area is 223 Å². The number of morpholine rings is 1. The maximum atomic E-state index is 13.4. The number of allylic oxidation sites excluding steroid dienone is 3. The average molecular weight is 534 g/mol. The fourth-order valence-electron chi connectivity index (χ4n) is 5.73. The standard InChI is InChI=1S/C29H38F3N3O3/c1-20-14-23(19-34-17-21(2)38-22(3)18-34)4-7-27(20)37-13-10-28(36)8-11-35(12-9-28)25-6-5-24(16-33)26(15-25)29(30,31)32/h4,6-7,14-15,21-22,24,36H,5,8-13,17-19H2,1-3H3/t21-,22?,24?/m1/s1. The molecule has 0 spiro atoms. The Morgan fingerprint density at radius 3 is 2.47 bits per heavy atom. The highest BCUT2D eigenvalue weighted by Gasteiger charge is 2.41. The van der Waals surface area contributed by atoms with Crippen molar-refractivity contribution in [3.63, 3.8) is 0 Å². The third-order valence-electron chi connectivity index (χ3n) is 7.75. The molecule has 2 unspecified atom stereocenters. The number of likely N-dealkylation sites (tertiary alicyclic amines) is 1. The molecule has 0 radical (unpaired) electrons. The summed E-state index contributed by atoms with van der Waals surface area (Å²) in [6.07, 6.45) is 0.107. The number of piperidine rings is 1. The molecule has 38 heavy (non-hydrogen) atoms. The van der Waals surface area contributed by atoms with Crippen molar-refractivity contribution in [1.82, 2.24) is 9.80 Å². The molecule has 2 fully saturated rings. The van der Waals surface area contributed by atoms with Crippen LogP contribution in [0, 0.1) is 24.2 Å². The van der Waals surface area contributed by atoms with E-state index in [2.05, 4.69) is 30.9 Å². The van der Waals surface area contributed by atoms with Crippen LogP contribution in [-0.4, -0.2) is 71.7 Å². The molecule has 1 aromatic carbocycles. The Hall–Kier alpha value is -2.54. The highest BCUT2D eigenvalue weighted by atomic mass is 19.4. The quantitative estimate of drug-likeness (QED) is 0.525. The summed E-state index contributed by atoms with van der Waals surface area (Å²) in [6.45, 7) is 10.2. The van der Waals surface area contributed by atoms with Crippen LogP contribution < -0.4 is 4.74 Å². The third-order valence-corrected chi connectivity index (χ3v) is 7.75. The number of aliphatic hydroxyl groups is 1. The highest BCUT2D eigenvalue weighted by molar-refractivity contribution is 5.37. The molecule has 2 saturated heterocycles. The van der Waals surface area contributed by atoms with E-state index >= 15 is 0 Å². The van der Waals surface area contributed by atoms with Gasteiger partial charge in [0, 0.05) is 44.8 Å². The van der Waals surface area contributed by atoms with E-state index in [9.17, 15) is 18.3 Å². The first-order valence-electron chi connectivity index (χ1n) is 13.4. The number of alkyl halides is 3. The molecule has 9 heteroatoms. The van der Waals surface area contributed by atoms with Crippen molar-refractivity contribution in [3.05, 3.63) is 52.7 Å². The SMILES string of the molecule is Cc1cc(CN2CC(C)O[C@H](C)C2)ccc1OCCC1(O)CCN(C2=CCC(C#N)C(C(F)(F)F)=C2)CC1. The molecule has 208 valence electrons. The molecule has 3 atom stereocenters. The number of aryl methyl sites for hydroxylation is 1. The Bertz CT molecular complexity index is 1080. The molecule has 0 aromatic heterocycles. The zero-order valence-electron chi connectivity index (χ0n) is 22.4. The molecular weight excluding hydrogens is 495 g/mol. The normalized spacial score (nSPS) is 26.4. The maximum absolute atomic E-state index is 13.4. The number of hydrogen-bond acceptors (Lipinski definition) is 6. The summed E-state index contributed by atoms with van der Waals surface area (Å²) < 4.78 is 52.0. The van der Waals surface area contributed by atoms with Crippen molar-refractivity contribution < 1.29 is 27.8 Å². The Morgan fingerprint density at radius 1 is 1.18 bits per heavy atom. The molecule has 0 amide bonds. The lowest BCUT2D eigenvalue weighted by Crippen LogP contribution is -2.45. The van der Waals surface area contributed by atoms with Crippen LogP contribution >= 0.6 is 0 Å². The lowest BCUT2D eigenvalue weighted by molar-refractivity contribution is -0.0974. The van der Waals surface area contributed by atoms with Gasteiger partial charge in [0.1, 0.15) is 5.75 Å². The van der Waals surface area contributed by atoms with E-state index in [0.717, 1.165) is 37.0 Å². The van der Waals surface area contributed by atoms with Crippen LogP contribution in [-0.2, 0) is 11.3 Å². The fraction of sp³-hybridized carbons (Fsp3) is 0.621. The predicted molar refractivity (Wildman–Crippen MR) is 138 cm³/mol. The largest absolute Gasteiger partial charge is 0.493 e. The summed E-state index contributed by atoms with van der Waals surface area (Å²) in [4.78, 5) is 4.27. The molecule has 0 saturated carbocycles. The summed E-state index contributed by atoms with van der Waals surface area (Å²) >= 11 is 0. The molecule has 0 bridgehead atoms. The van der Waals surface area contributed by atoms with Crippen molar-refractivity contribution in [2.45, 2.75) is 77.0 Å². The van der Waals surface area contributed by atoms with Gasteiger partial charge in [-0.3, -0.25) is 4.90 Å². The van der Waals surface area contributed by atoms with Gasteiger partial charge in [-0.05, 0) is 63.3 Å². The van der Waals surface area contributed by atoms with Crippen LogP contribution in [0.25, 0.3) is 0 Å². The van der Waals surface area contributed by atoms with Crippen molar-refractivity contribution in [3.8, 4) is 11.8 Å². The summed E-state index contributed by atoms with van der Waals surface area (Å²) in [5, 5.41) is 20.2. The van der Waals surface area contributed by atoms with Gasteiger partial charge in [0.25, 0.3) is 0 Å². The van der Waals surface area contributed by atoms with Gasteiger partial charge in [0.05, 0.1) is 42.0 Å². The van der Waals surface area contributed by atoms with Gasteiger partial charge in [-0.15, -0.1) is 0 Å². The first kappa shape index (κ1) is 28.5. The molecule has 1 aliphatic carbocycles. The van der Waals surface area contributed by atoms with Gasteiger partial charge in [0.15, 0.2) is 0 Å². The van der Waals surface area contributed by atoms with Crippen molar-refractivity contribution >= 4 is 0 Å². The smallest absolute Gasteiger partial charge is 0.414 e. The Morgan fingerprint density at radius 2 is 1.87 bits per heavy atom. The van der Waals surface area contributed by atoms with Gasteiger partial charge in [-0.25, -0.2) is 0 Å². The van der Waals surface area contributed by atoms with Crippen LogP contribution in [0.1, 0.15) is 50.7 Å². The number of halogens is 3. The topological polar surface area (TPSA) is 69.0 Å². The minimum absolute atomic E-state index is 0.0502. The van der Waals surface area contributed by atoms with E-state index in [0.29, 0.717) is 44.7 Å². The minimum atomic E-state index is -4.52. The number of nitrogens with zero attached hydrogens (tertiary/aromatic N) is 3. The molecular formula is C29H38F3N3O3. The van der Waals surface area contributed by atoms with Crippen LogP contribution in [0.4, 0.5) is 13.2 Å². The highest BCUT2D eigenvalue weighted by Crippen LogP contribution is 2.38. The minimum Gasteiger partial charge on any atom is -0.493 e. The van der Waals surface area contributed by atoms with Crippen LogP contribution in [0.3, 0.4) is 0 Å². The lowest BCUT2D eigenvalue weighted by atomic mass is 9.86. The van der Waals surface area contributed by atoms with E-state index in [1.165, 1.54) is 5.56 Å². The van der Waals surface area contributed by atoms with Crippen molar-refractivity contribution in [1.29, 1.82) is 5.26 Å². The third kappa shape index (κ3) is 7.10. The van der Waals surface area contributed by atoms with E-state index in [4.69, 9.17) is 14.7 Å². The Kier molecular flexibility index (Phi) is 8.75. The summed E-state index contributed by atoms with van der Waals surface area (Å²) in [7, 11) is 0. The van der Waals surface area contributed by atoms with Gasteiger partial charge in [-0.2, -0.15) is 18.4 Å². The average Bonchev–Trinajstić information content (AvgIpc) is 2.84. The van der Waals surface area contributed by atoms with Crippen LogP contribution in [0.15, 0.2) is 41.6 Å². The lowest BCUT2D eigenvalue weighted by Gasteiger charge is -2.40. The molecule has 3 aliphatic rings. The molecule has 6 nitrogen and oxygen atoms in total.